The lowest BCUT2D eigenvalue weighted by Crippen LogP contribution is -2.73. The lowest BCUT2D eigenvalue weighted by atomic mass is 9.87. The minimum Gasteiger partial charge on any atom is -0.386 e. The van der Waals surface area contributed by atoms with Crippen molar-refractivity contribution in [2.24, 2.45) is 21.5 Å². The second-order valence-electron chi connectivity index (χ2n) is 9.55. The number of benzene rings is 1. The molecule has 5 atom stereocenters. The Hall–Kier alpha value is -4.20. The van der Waals surface area contributed by atoms with Gasteiger partial charge in [-0.1, -0.05) is 6.07 Å². The van der Waals surface area contributed by atoms with Crippen molar-refractivity contribution < 1.29 is 24.3 Å². The molecule has 1 aromatic rings. The molecule has 0 saturated carbocycles. The van der Waals surface area contributed by atoms with E-state index in [-0.39, 0.29) is 62.0 Å². The van der Waals surface area contributed by atoms with Gasteiger partial charge in [0.25, 0.3) is 5.91 Å². The monoisotopic (exact) mass is 495 g/mol. The molecule has 188 valence electrons. The number of imide groups is 1. The lowest BCUT2D eigenvalue weighted by Gasteiger charge is -2.46. The molecule has 0 aromatic heterocycles. The first-order valence-corrected chi connectivity index (χ1v) is 11.6. The molecular weight excluding hydrogens is 470 g/mol. The third-order valence-corrected chi connectivity index (χ3v) is 7.53. The number of nitrogens with one attached hydrogen (secondary N) is 3. The summed E-state index contributed by atoms with van der Waals surface area (Å²) in [5, 5.41) is 20.1. The number of nitrogens with two attached hydrogens (primary N) is 2. The van der Waals surface area contributed by atoms with Gasteiger partial charge in [0, 0.05) is 30.6 Å². The normalized spacial score (nSPS) is 32.4. The number of anilines is 1. The number of carbonyl (C=O) groups excluding carboxylic acids is 4. The lowest BCUT2D eigenvalue weighted by molar-refractivity contribution is -0.139. The van der Waals surface area contributed by atoms with E-state index in [9.17, 15) is 24.3 Å². The number of aliphatic hydroxyl groups is 1. The number of likely N-dealkylation sites (tertiary alicyclic amines) is 1. The quantitative estimate of drug-likeness (QED) is 0.232. The van der Waals surface area contributed by atoms with Crippen LogP contribution in [0.3, 0.4) is 0 Å². The van der Waals surface area contributed by atoms with Crippen molar-refractivity contribution in [2.45, 2.75) is 49.2 Å². The molecule has 5 aliphatic rings. The Morgan fingerprint density at radius 1 is 1.19 bits per heavy atom. The summed E-state index contributed by atoms with van der Waals surface area (Å²) < 4.78 is 0. The van der Waals surface area contributed by atoms with Gasteiger partial charge in [0.1, 0.15) is 12.1 Å². The van der Waals surface area contributed by atoms with Crippen LogP contribution in [0.4, 0.5) is 5.69 Å². The van der Waals surface area contributed by atoms with Crippen molar-refractivity contribution in [3.63, 3.8) is 0 Å². The Morgan fingerprint density at radius 2 is 1.94 bits per heavy atom. The van der Waals surface area contributed by atoms with Gasteiger partial charge < -0.3 is 37.4 Å². The van der Waals surface area contributed by atoms with Gasteiger partial charge in [-0.15, -0.1) is 0 Å². The number of hydrogen-bond acceptors (Lipinski definition) is 11. The highest BCUT2D eigenvalue weighted by Crippen LogP contribution is 2.40. The summed E-state index contributed by atoms with van der Waals surface area (Å²) in [4.78, 5) is 61.2. The minimum absolute atomic E-state index is 0.0436. The molecule has 2 saturated heterocycles. The summed E-state index contributed by atoms with van der Waals surface area (Å²) in [6.45, 7) is 0.0625. The number of guanidine groups is 2. The van der Waals surface area contributed by atoms with E-state index in [1.807, 2.05) is 0 Å². The standard InChI is InChI=1S/C22H25N9O5/c23-20-28-17-12(7-30-15(33)4-5-16(30)34)27-21(24)31-8-13(18(35)22(17,31)29-20)26-19(36)9-2-1-3-11-10(9)6-14(32)25-11/h1-3,12-13,17-18,35H,4-8H2,(H2,24,27)(H,25,32)(H,26,36)(H3,23,28,29)/t12-,13?,17?,18+,22?/m0/s1. The maximum atomic E-state index is 13.2. The number of aliphatic hydroxyl groups excluding tert-OH is 1. The van der Waals surface area contributed by atoms with Crippen LogP contribution in [0, 0.1) is 0 Å². The van der Waals surface area contributed by atoms with Crippen LogP contribution in [-0.2, 0) is 20.8 Å². The van der Waals surface area contributed by atoms with Gasteiger partial charge in [-0.2, -0.15) is 0 Å². The number of nitrogens with zero attached hydrogens (tertiary/aromatic N) is 4. The summed E-state index contributed by atoms with van der Waals surface area (Å²) in [5.74, 6) is -1.12. The van der Waals surface area contributed by atoms with Crippen LogP contribution in [0.2, 0.25) is 0 Å². The number of hydrogen-bond donors (Lipinski definition) is 6. The second kappa shape index (κ2) is 7.65. The van der Waals surface area contributed by atoms with Crippen LogP contribution < -0.4 is 27.4 Å². The van der Waals surface area contributed by atoms with Gasteiger partial charge in [0.05, 0.1) is 25.0 Å². The first kappa shape index (κ1) is 22.3. The molecule has 1 spiro atoms. The van der Waals surface area contributed by atoms with Crippen molar-refractivity contribution in [3.05, 3.63) is 29.3 Å². The van der Waals surface area contributed by atoms with Crippen molar-refractivity contribution >= 4 is 41.2 Å². The molecule has 6 rings (SSSR count). The van der Waals surface area contributed by atoms with Crippen molar-refractivity contribution in [1.82, 2.24) is 20.4 Å². The topological polar surface area (TPSA) is 208 Å². The molecular formula is C22H25N9O5. The van der Waals surface area contributed by atoms with E-state index in [0.29, 0.717) is 16.8 Å². The maximum absolute atomic E-state index is 13.2. The molecule has 4 amide bonds. The maximum Gasteiger partial charge on any atom is 0.252 e. The molecule has 5 aliphatic heterocycles. The van der Waals surface area contributed by atoms with Crippen LogP contribution in [0.5, 0.6) is 0 Å². The fourth-order valence-electron chi connectivity index (χ4n) is 5.91. The van der Waals surface area contributed by atoms with Gasteiger partial charge in [0.2, 0.25) is 17.7 Å². The molecule has 2 fully saturated rings. The summed E-state index contributed by atoms with van der Waals surface area (Å²) >= 11 is 0. The zero-order chi connectivity index (χ0) is 25.4. The van der Waals surface area contributed by atoms with Gasteiger partial charge in [-0.25, -0.2) is 9.98 Å². The van der Waals surface area contributed by atoms with Crippen molar-refractivity contribution in [2.75, 3.05) is 18.4 Å². The molecule has 3 unspecified atom stereocenters. The number of rotatable bonds is 4. The van der Waals surface area contributed by atoms with E-state index in [2.05, 4.69) is 25.9 Å². The smallest absolute Gasteiger partial charge is 0.252 e. The molecule has 0 radical (unpaired) electrons. The van der Waals surface area contributed by atoms with Crippen LogP contribution in [-0.4, -0.2) is 93.4 Å². The highest BCUT2D eigenvalue weighted by Gasteiger charge is 2.65. The first-order valence-electron chi connectivity index (χ1n) is 11.6. The van der Waals surface area contributed by atoms with E-state index in [1.54, 1.807) is 23.1 Å². The molecule has 36 heavy (non-hydrogen) atoms. The van der Waals surface area contributed by atoms with E-state index < -0.39 is 35.8 Å². The Bertz CT molecular complexity index is 1260. The van der Waals surface area contributed by atoms with E-state index in [4.69, 9.17) is 11.5 Å². The van der Waals surface area contributed by atoms with E-state index >= 15 is 0 Å². The van der Waals surface area contributed by atoms with E-state index in [0.717, 1.165) is 4.90 Å². The summed E-state index contributed by atoms with van der Waals surface area (Å²) in [6, 6.07) is 2.71. The fourth-order valence-corrected chi connectivity index (χ4v) is 5.91. The second-order valence-corrected chi connectivity index (χ2v) is 9.55. The average molecular weight is 496 g/mol. The van der Waals surface area contributed by atoms with Crippen LogP contribution in [0.1, 0.15) is 28.8 Å². The number of amides is 4. The molecule has 8 N–H and O–H groups in total. The summed E-state index contributed by atoms with van der Waals surface area (Å²) in [5.41, 5.74) is 12.5. The molecule has 14 heteroatoms. The first-order chi connectivity index (χ1) is 17.2. The van der Waals surface area contributed by atoms with Crippen LogP contribution in [0.15, 0.2) is 28.2 Å². The molecule has 14 nitrogen and oxygen atoms in total. The zero-order valence-corrected chi connectivity index (χ0v) is 19.1. The zero-order valence-electron chi connectivity index (χ0n) is 19.1. The molecule has 0 aliphatic carbocycles. The average Bonchev–Trinajstić information content (AvgIpc) is 3.55. The molecule has 0 bridgehead atoms. The Balaban J connectivity index is 1.28. The highest BCUT2D eigenvalue weighted by atomic mass is 16.3. The third-order valence-electron chi connectivity index (χ3n) is 7.53. The minimum atomic E-state index is -1.32. The third kappa shape index (κ3) is 3.07. The van der Waals surface area contributed by atoms with Gasteiger partial charge in [0.15, 0.2) is 17.6 Å². The summed E-state index contributed by atoms with van der Waals surface area (Å²) in [7, 11) is 0. The van der Waals surface area contributed by atoms with E-state index in [1.165, 1.54) is 0 Å². The fraction of sp³-hybridized carbons (Fsp3) is 0.455. The Morgan fingerprint density at radius 3 is 2.69 bits per heavy atom. The van der Waals surface area contributed by atoms with Gasteiger partial charge in [-0.05, 0) is 17.7 Å². The predicted octanol–water partition coefficient (Wildman–Crippen LogP) is -3.22. The molecule has 5 heterocycles. The predicted molar refractivity (Wildman–Crippen MR) is 125 cm³/mol. The van der Waals surface area contributed by atoms with Crippen LogP contribution in [0.25, 0.3) is 0 Å². The Labute approximate surface area is 204 Å². The number of aliphatic imine (C=N–C) groups is 2. The van der Waals surface area contributed by atoms with Crippen molar-refractivity contribution in [1.29, 1.82) is 0 Å². The SMILES string of the molecule is NC1=NC2[C@H](CN3C(=O)CCC3=O)N=C(N)N3CC(NC(=O)c4cccc5c4CC(=O)N5)[C@@H](O)C23N1. The highest BCUT2D eigenvalue weighted by molar-refractivity contribution is 6.06. The number of carbonyl (C=O) groups is 4. The van der Waals surface area contributed by atoms with Crippen molar-refractivity contribution in [3.8, 4) is 0 Å². The Kier molecular flexibility index (Phi) is 4.73. The number of fused-ring (bicyclic) bond motifs is 1. The van der Waals surface area contributed by atoms with Gasteiger partial charge in [-0.3, -0.25) is 24.1 Å². The molecule has 1 aromatic carbocycles. The van der Waals surface area contributed by atoms with Crippen LogP contribution >= 0.6 is 0 Å². The van der Waals surface area contributed by atoms with Gasteiger partial charge >= 0.3 is 0 Å². The largest absolute Gasteiger partial charge is 0.386 e. The summed E-state index contributed by atoms with van der Waals surface area (Å²) in [6.07, 6.45) is -0.866.